The number of hydrogen-bond acceptors (Lipinski definition) is 3. The van der Waals surface area contributed by atoms with Gasteiger partial charge < -0.3 is 15.7 Å². The molecule has 3 aromatic carbocycles. The highest BCUT2D eigenvalue weighted by molar-refractivity contribution is 6.04. The standard InChI is InChI=1S/C27H32N2O2/c1-26(2,3)22-16-21(17-23(24(22)30)27(4,5)6)28-19-12-14-20(15-13-19)29-25(31)18-10-8-7-9-11-18/h7-17,28,30H,1-6H3,(H,29,31). The summed E-state index contributed by atoms with van der Waals surface area (Å²) in [6.45, 7) is 12.6. The monoisotopic (exact) mass is 416 g/mol. The van der Waals surface area contributed by atoms with Crippen molar-refractivity contribution in [2.75, 3.05) is 10.6 Å². The smallest absolute Gasteiger partial charge is 0.255 e. The van der Waals surface area contributed by atoms with Crippen molar-refractivity contribution in [1.82, 2.24) is 0 Å². The molecule has 0 heterocycles. The van der Waals surface area contributed by atoms with Crippen LogP contribution in [0.1, 0.15) is 63.0 Å². The van der Waals surface area contributed by atoms with Crippen molar-refractivity contribution in [1.29, 1.82) is 0 Å². The maximum atomic E-state index is 12.3. The van der Waals surface area contributed by atoms with Gasteiger partial charge in [-0.1, -0.05) is 59.7 Å². The number of amides is 1. The molecule has 0 aliphatic carbocycles. The predicted octanol–water partition coefficient (Wildman–Crippen LogP) is 6.98. The maximum absolute atomic E-state index is 12.3. The lowest BCUT2D eigenvalue weighted by atomic mass is 9.79. The molecule has 162 valence electrons. The molecule has 31 heavy (non-hydrogen) atoms. The SMILES string of the molecule is CC(C)(C)c1cc(Nc2ccc(NC(=O)c3ccccc3)cc2)cc(C(C)(C)C)c1O. The third-order valence-electron chi connectivity index (χ3n) is 5.19. The second kappa shape index (κ2) is 8.46. The van der Waals surface area contributed by atoms with Gasteiger partial charge in [0.15, 0.2) is 0 Å². The number of anilines is 3. The molecule has 4 heteroatoms. The molecule has 4 nitrogen and oxygen atoms in total. The van der Waals surface area contributed by atoms with E-state index in [1.165, 1.54) is 0 Å². The summed E-state index contributed by atoms with van der Waals surface area (Å²) < 4.78 is 0. The Morgan fingerprint density at radius 2 is 1.19 bits per heavy atom. The van der Waals surface area contributed by atoms with E-state index in [1.54, 1.807) is 12.1 Å². The van der Waals surface area contributed by atoms with Crippen LogP contribution in [0.2, 0.25) is 0 Å². The van der Waals surface area contributed by atoms with Crippen molar-refractivity contribution in [3.8, 4) is 5.75 Å². The first-order valence-electron chi connectivity index (χ1n) is 10.6. The van der Waals surface area contributed by atoms with Crippen LogP contribution in [0.5, 0.6) is 5.75 Å². The van der Waals surface area contributed by atoms with Crippen molar-refractivity contribution in [3.63, 3.8) is 0 Å². The molecule has 0 bridgehead atoms. The zero-order valence-corrected chi connectivity index (χ0v) is 19.2. The topological polar surface area (TPSA) is 61.4 Å². The van der Waals surface area contributed by atoms with E-state index in [1.807, 2.05) is 54.6 Å². The number of hydrogen-bond donors (Lipinski definition) is 3. The average molecular weight is 417 g/mol. The highest BCUT2D eigenvalue weighted by atomic mass is 16.3. The second-order valence-corrected chi connectivity index (χ2v) is 9.94. The largest absolute Gasteiger partial charge is 0.507 e. The molecular weight excluding hydrogens is 384 g/mol. The van der Waals surface area contributed by atoms with Crippen molar-refractivity contribution < 1.29 is 9.90 Å². The molecule has 0 atom stereocenters. The average Bonchev–Trinajstić information content (AvgIpc) is 2.69. The first kappa shape index (κ1) is 22.4. The molecule has 0 unspecified atom stereocenters. The summed E-state index contributed by atoms with van der Waals surface area (Å²) >= 11 is 0. The third kappa shape index (κ3) is 5.46. The highest BCUT2D eigenvalue weighted by Gasteiger charge is 2.26. The molecule has 1 amide bonds. The summed E-state index contributed by atoms with van der Waals surface area (Å²) in [5.74, 6) is 0.231. The number of carbonyl (C=O) groups excluding carboxylic acids is 1. The third-order valence-corrected chi connectivity index (χ3v) is 5.19. The van der Waals surface area contributed by atoms with E-state index in [4.69, 9.17) is 0 Å². The molecule has 0 fully saturated rings. The van der Waals surface area contributed by atoms with Crippen LogP contribution in [0.3, 0.4) is 0 Å². The van der Waals surface area contributed by atoms with E-state index < -0.39 is 0 Å². The van der Waals surface area contributed by atoms with Crippen molar-refractivity contribution in [2.24, 2.45) is 0 Å². The van der Waals surface area contributed by atoms with Crippen LogP contribution < -0.4 is 10.6 Å². The summed E-state index contributed by atoms with van der Waals surface area (Å²) in [5.41, 5.74) is 4.63. The number of carbonyl (C=O) groups is 1. The summed E-state index contributed by atoms with van der Waals surface area (Å²) in [4.78, 5) is 12.3. The Bertz CT molecular complexity index is 1020. The van der Waals surface area contributed by atoms with Gasteiger partial charge in [0, 0.05) is 33.8 Å². The molecule has 0 radical (unpaired) electrons. The van der Waals surface area contributed by atoms with Crippen molar-refractivity contribution in [2.45, 2.75) is 52.4 Å². The Balaban J connectivity index is 1.83. The molecule has 3 aromatic rings. The van der Waals surface area contributed by atoms with Crippen LogP contribution in [0.4, 0.5) is 17.1 Å². The van der Waals surface area contributed by atoms with Gasteiger partial charge in [0.05, 0.1) is 0 Å². The van der Waals surface area contributed by atoms with Gasteiger partial charge in [0.25, 0.3) is 5.91 Å². The Hall–Kier alpha value is -3.27. The van der Waals surface area contributed by atoms with E-state index >= 15 is 0 Å². The number of phenols is 1. The molecule has 0 aliphatic heterocycles. The number of nitrogens with one attached hydrogen (secondary N) is 2. The first-order valence-corrected chi connectivity index (χ1v) is 10.6. The predicted molar refractivity (Wildman–Crippen MR) is 130 cm³/mol. The molecule has 0 spiro atoms. The highest BCUT2D eigenvalue weighted by Crippen LogP contribution is 2.41. The van der Waals surface area contributed by atoms with Gasteiger partial charge in [-0.25, -0.2) is 0 Å². The Kier molecular flexibility index (Phi) is 6.12. The fourth-order valence-electron chi connectivity index (χ4n) is 3.45. The maximum Gasteiger partial charge on any atom is 0.255 e. The lowest BCUT2D eigenvalue weighted by molar-refractivity contribution is 0.102. The van der Waals surface area contributed by atoms with Gasteiger partial charge in [-0.15, -0.1) is 0 Å². The molecule has 0 aromatic heterocycles. The molecular formula is C27H32N2O2. The van der Waals surface area contributed by atoms with Crippen molar-refractivity contribution in [3.05, 3.63) is 83.4 Å². The number of aromatic hydroxyl groups is 1. The quantitative estimate of drug-likeness (QED) is 0.402. The van der Waals surface area contributed by atoms with E-state index in [0.29, 0.717) is 11.3 Å². The van der Waals surface area contributed by atoms with E-state index in [2.05, 4.69) is 52.2 Å². The second-order valence-electron chi connectivity index (χ2n) is 9.94. The van der Waals surface area contributed by atoms with Gasteiger partial charge in [0.2, 0.25) is 0 Å². The summed E-state index contributed by atoms with van der Waals surface area (Å²) in [7, 11) is 0. The minimum Gasteiger partial charge on any atom is -0.507 e. The summed E-state index contributed by atoms with van der Waals surface area (Å²) in [6, 6.07) is 20.8. The van der Waals surface area contributed by atoms with Crippen LogP contribution >= 0.6 is 0 Å². The Morgan fingerprint density at radius 1 is 0.710 bits per heavy atom. The van der Waals surface area contributed by atoms with Crippen molar-refractivity contribution >= 4 is 23.0 Å². The number of rotatable bonds is 4. The van der Waals surface area contributed by atoms with Gasteiger partial charge in [0.1, 0.15) is 5.75 Å². The lowest BCUT2D eigenvalue weighted by Crippen LogP contribution is -2.17. The Labute approximate surface area is 185 Å². The molecule has 0 aliphatic rings. The zero-order valence-electron chi connectivity index (χ0n) is 19.2. The zero-order chi connectivity index (χ0) is 22.8. The van der Waals surface area contributed by atoms with Crippen LogP contribution in [-0.2, 0) is 10.8 Å². The van der Waals surface area contributed by atoms with Gasteiger partial charge in [-0.05, 0) is 59.4 Å². The van der Waals surface area contributed by atoms with Gasteiger partial charge >= 0.3 is 0 Å². The van der Waals surface area contributed by atoms with E-state index in [0.717, 1.165) is 28.2 Å². The fourth-order valence-corrected chi connectivity index (χ4v) is 3.45. The minimum atomic E-state index is -0.187. The van der Waals surface area contributed by atoms with Gasteiger partial charge in [-0.3, -0.25) is 4.79 Å². The minimum absolute atomic E-state index is 0.135. The normalized spacial score (nSPS) is 11.8. The summed E-state index contributed by atoms with van der Waals surface area (Å²) in [5, 5.41) is 17.3. The number of benzene rings is 3. The van der Waals surface area contributed by atoms with Gasteiger partial charge in [-0.2, -0.15) is 0 Å². The first-order chi connectivity index (χ1) is 14.4. The fraction of sp³-hybridized carbons (Fsp3) is 0.296. The van der Waals surface area contributed by atoms with E-state index in [9.17, 15) is 9.90 Å². The lowest BCUT2D eigenvalue weighted by Gasteiger charge is -2.28. The summed E-state index contributed by atoms with van der Waals surface area (Å²) in [6.07, 6.45) is 0. The molecule has 0 saturated carbocycles. The molecule has 3 N–H and O–H groups in total. The van der Waals surface area contributed by atoms with Crippen LogP contribution in [0.15, 0.2) is 66.7 Å². The number of phenolic OH excluding ortho intramolecular Hbond substituents is 1. The molecule has 0 saturated heterocycles. The molecule has 3 rings (SSSR count). The van der Waals surface area contributed by atoms with Crippen LogP contribution in [0, 0.1) is 0 Å². The Morgan fingerprint density at radius 3 is 1.68 bits per heavy atom. The van der Waals surface area contributed by atoms with Crippen LogP contribution in [0.25, 0.3) is 0 Å². The van der Waals surface area contributed by atoms with Crippen LogP contribution in [-0.4, -0.2) is 11.0 Å². The van der Waals surface area contributed by atoms with E-state index in [-0.39, 0.29) is 16.7 Å².